The fourth-order valence-corrected chi connectivity index (χ4v) is 5.03. The van der Waals surface area contributed by atoms with Gasteiger partial charge in [-0.2, -0.15) is 0 Å². The Morgan fingerprint density at radius 1 is 0.792 bits per heavy atom. The Balaban J connectivity index is 0.000000670. The van der Waals surface area contributed by atoms with Gasteiger partial charge in [-0.1, -0.05) is 0 Å². The van der Waals surface area contributed by atoms with Gasteiger partial charge in [0.1, 0.15) is 0 Å². The van der Waals surface area contributed by atoms with E-state index in [4.69, 9.17) is 0 Å². The molecule has 2 aromatic rings. The van der Waals surface area contributed by atoms with Crippen LogP contribution in [0.25, 0.3) is 12.2 Å². The summed E-state index contributed by atoms with van der Waals surface area (Å²) in [6, 6.07) is 17.7. The number of rotatable bonds is 3. The maximum atomic E-state index is 3.00. The molecule has 0 spiro atoms. The van der Waals surface area contributed by atoms with Crippen LogP contribution in [0.3, 0.4) is 0 Å². The molecular formula is C22H21ClZr. The fourth-order valence-electron chi connectivity index (χ4n) is 3.78. The van der Waals surface area contributed by atoms with Crippen molar-refractivity contribution in [3.05, 3.63) is 96.1 Å². The van der Waals surface area contributed by atoms with Gasteiger partial charge in [0.2, 0.25) is 0 Å². The van der Waals surface area contributed by atoms with Gasteiger partial charge in [-0.3, -0.25) is 0 Å². The van der Waals surface area contributed by atoms with Crippen molar-refractivity contribution in [3.63, 3.8) is 0 Å². The van der Waals surface area contributed by atoms with Crippen molar-refractivity contribution in [3.8, 4) is 0 Å². The van der Waals surface area contributed by atoms with Gasteiger partial charge in [0.15, 0.2) is 0 Å². The second kappa shape index (κ2) is 8.79. The summed E-state index contributed by atoms with van der Waals surface area (Å²) in [4.78, 5) is 0. The molecule has 0 saturated heterocycles. The van der Waals surface area contributed by atoms with Crippen LogP contribution < -0.4 is 12.4 Å². The number of fused-ring (bicyclic) bond motifs is 2. The van der Waals surface area contributed by atoms with E-state index in [2.05, 4.69) is 86.0 Å². The second-order valence-electron chi connectivity index (χ2n) is 5.90. The number of benzene rings is 2. The zero-order valence-corrected chi connectivity index (χ0v) is 16.9. The molecule has 0 bridgehead atoms. The van der Waals surface area contributed by atoms with Crippen LogP contribution in [0.4, 0.5) is 0 Å². The van der Waals surface area contributed by atoms with Crippen molar-refractivity contribution in [1.29, 1.82) is 0 Å². The molecule has 2 heteroatoms. The van der Waals surface area contributed by atoms with Gasteiger partial charge in [-0.25, -0.2) is 0 Å². The number of hydrogen-bond acceptors (Lipinski definition) is 0. The molecule has 2 aliphatic carbocycles. The molecule has 2 unspecified atom stereocenters. The molecule has 0 aliphatic heterocycles. The summed E-state index contributed by atoms with van der Waals surface area (Å²) in [5.74, 6) is 1.82. The summed E-state index contributed by atoms with van der Waals surface area (Å²) in [5, 5.41) is 0. The Hall–Kier alpha value is -1.17. The number of hydrogen-bond donors (Lipinski definition) is 0. The summed E-state index contributed by atoms with van der Waals surface area (Å²) in [6.45, 7) is 6.00. The van der Waals surface area contributed by atoms with E-state index in [1.54, 1.807) is 24.7 Å². The topological polar surface area (TPSA) is 0 Å². The van der Waals surface area contributed by atoms with E-state index in [9.17, 15) is 0 Å². The Morgan fingerprint density at radius 2 is 1.21 bits per heavy atom. The van der Waals surface area contributed by atoms with Crippen molar-refractivity contribution >= 4 is 12.2 Å². The van der Waals surface area contributed by atoms with Crippen molar-refractivity contribution in [2.45, 2.75) is 16.0 Å². The average Bonchev–Trinajstić information content (AvgIpc) is 3.23. The average molecular weight is 412 g/mol. The maximum absolute atomic E-state index is 3.00. The molecule has 0 amide bonds. The second-order valence-corrected chi connectivity index (χ2v) is 6.90. The first-order valence-electron chi connectivity index (χ1n) is 8.07. The molecule has 2 aromatic carbocycles. The van der Waals surface area contributed by atoms with Gasteiger partial charge in [0.05, 0.1) is 0 Å². The molecule has 0 nitrogen and oxygen atoms in total. The summed E-state index contributed by atoms with van der Waals surface area (Å²) < 4.78 is 1.29. The number of halogens is 1. The van der Waals surface area contributed by atoms with Gasteiger partial charge in [-0.05, 0) is 0 Å². The van der Waals surface area contributed by atoms with E-state index in [0.29, 0.717) is 17.8 Å². The molecule has 0 aromatic heterocycles. The number of allylic oxidation sites excluding steroid dienone is 2. The Bertz CT molecular complexity index is 686. The molecular weight excluding hydrogens is 391 g/mol. The molecule has 4 rings (SSSR count). The first-order valence-corrected chi connectivity index (χ1v) is 9.81. The molecule has 0 radical (unpaired) electrons. The minimum atomic E-state index is 0. The van der Waals surface area contributed by atoms with Crippen LogP contribution in [0.15, 0.2) is 73.8 Å². The van der Waals surface area contributed by atoms with Gasteiger partial charge in [0, 0.05) is 0 Å². The molecule has 0 N–H and O–H groups in total. The summed E-state index contributed by atoms with van der Waals surface area (Å²) in [5.41, 5.74) is 5.85. The predicted octanol–water partition coefficient (Wildman–Crippen LogP) is 3.00. The first kappa shape index (κ1) is 19.2. The third-order valence-corrected chi connectivity index (χ3v) is 5.99. The molecule has 24 heavy (non-hydrogen) atoms. The van der Waals surface area contributed by atoms with Crippen LogP contribution in [-0.2, 0) is 24.7 Å². The van der Waals surface area contributed by atoms with E-state index in [0.717, 1.165) is 0 Å². The van der Waals surface area contributed by atoms with Gasteiger partial charge < -0.3 is 12.4 Å². The third kappa shape index (κ3) is 3.44. The van der Waals surface area contributed by atoms with Crippen molar-refractivity contribution in [2.24, 2.45) is 5.92 Å². The Kier molecular flexibility index (Phi) is 7.02. The molecule has 2 atom stereocenters. The van der Waals surface area contributed by atoms with E-state index in [1.165, 1.54) is 26.4 Å². The third-order valence-electron chi connectivity index (χ3n) is 4.83. The van der Waals surface area contributed by atoms with E-state index in [1.807, 2.05) is 0 Å². The SMILES string of the molecule is C=C.[Cl-].[Zr+][CH2]C(C1C=Cc2ccccc21)C1C=Cc2ccccc21. The molecule has 0 fully saturated rings. The quantitative estimate of drug-likeness (QED) is 0.681. The fraction of sp³-hybridized carbons (Fsp3) is 0.182. The summed E-state index contributed by atoms with van der Waals surface area (Å²) >= 11 is 1.63. The standard InChI is InChI=1S/C20H17.C2H4.ClH.Zr/c1-14(17-12-10-15-6-2-4-8-19(15)17)18-13-11-16-7-3-5-9-20(16)18;1-2;;/h2-14,17-18H,1H2;1-2H2;1H;/q;;;+1/p-1. The molecule has 120 valence electrons. The normalized spacial score (nSPS) is 20.3. The van der Waals surface area contributed by atoms with Gasteiger partial charge >= 0.3 is 142 Å². The van der Waals surface area contributed by atoms with E-state index in [-0.39, 0.29) is 12.4 Å². The monoisotopic (exact) mass is 410 g/mol. The van der Waals surface area contributed by atoms with Crippen LogP contribution in [-0.4, -0.2) is 0 Å². The zero-order chi connectivity index (χ0) is 16.2. The van der Waals surface area contributed by atoms with Crippen molar-refractivity contribution in [1.82, 2.24) is 0 Å². The molecule has 2 aliphatic rings. The van der Waals surface area contributed by atoms with Crippen LogP contribution in [0.5, 0.6) is 0 Å². The summed E-state index contributed by atoms with van der Waals surface area (Å²) in [7, 11) is 0. The van der Waals surface area contributed by atoms with Gasteiger partial charge in [-0.15, -0.1) is 13.2 Å². The first-order chi connectivity index (χ1) is 11.4. The summed E-state index contributed by atoms with van der Waals surface area (Å²) in [6.07, 6.45) is 9.47. The van der Waals surface area contributed by atoms with Crippen molar-refractivity contribution in [2.75, 3.05) is 0 Å². The van der Waals surface area contributed by atoms with Crippen LogP contribution in [0.1, 0.15) is 34.1 Å². The Morgan fingerprint density at radius 3 is 1.62 bits per heavy atom. The van der Waals surface area contributed by atoms with E-state index < -0.39 is 0 Å². The van der Waals surface area contributed by atoms with Crippen LogP contribution in [0, 0.1) is 5.92 Å². The van der Waals surface area contributed by atoms with Crippen LogP contribution in [0.2, 0.25) is 4.13 Å². The predicted molar refractivity (Wildman–Crippen MR) is 96.0 cm³/mol. The molecule has 0 heterocycles. The van der Waals surface area contributed by atoms with Crippen LogP contribution >= 0.6 is 0 Å². The zero-order valence-electron chi connectivity index (χ0n) is 13.7. The van der Waals surface area contributed by atoms with Crippen molar-refractivity contribution < 1.29 is 37.1 Å². The Labute approximate surface area is 166 Å². The molecule has 0 saturated carbocycles. The van der Waals surface area contributed by atoms with Gasteiger partial charge in [0.25, 0.3) is 0 Å². The van der Waals surface area contributed by atoms with E-state index >= 15 is 0 Å². The minimum absolute atomic E-state index is 0.